The van der Waals surface area contributed by atoms with E-state index in [0.717, 1.165) is 12.1 Å². The van der Waals surface area contributed by atoms with Crippen molar-refractivity contribution < 1.29 is 17.6 Å². The lowest BCUT2D eigenvalue weighted by Gasteiger charge is -2.18. The second kappa shape index (κ2) is 5.62. The van der Waals surface area contributed by atoms with Crippen LogP contribution in [0, 0.1) is 5.82 Å². The Bertz CT molecular complexity index is 563. The van der Waals surface area contributed by atoms with E-state index >= 15 is 0 Å². The number of hydrogen-bond donors (Lipinski definition) is 2. The fourth-order valence-corrected chi connectivity index (χ4v) is 1.95. The van der Waals surface area contributed by atoms with Gasteiger partial charge in [-0.25, -0.2) is 9.37 Å². The zero-order valence-electron chi connectivity index (χ0n) is 10.6. The number of rotatable bonds is 4. The number of alkyl halides is 3. The summed E-state index contributed by atoms with van der Waals surface area (Å²) in [5.41, 5.74) is -0.972. The van der Waals surface area contributed by atoms with Crippen LogP contribution in [0.4, 0.5) is 17.6 Å². The van der Waals surface area contributed by atoms with Gasteiger partial charge in [-0.1, -0.05) is 13.0 Å². The molecule has 108 valence electrons. The van der Waals surface area contributed by atoms with E-state index in [1.807, 2.05) is 6.92 Å². The Labute approximate surface area is 113 Å². The lowest BCUT2D eigenvalue weighted by atomic mass is 10.0. The van der Waals surface area contributed by atoms with Crippen LogP contribution in [0.2, 0.25) is 0 Å². The van der Waals surface area contributed by atoms with E-state index in [0.29, 0.717) is 17.9 Å². The summed E-state index contributed by atoms with van der Waals surface area (Å²) in [6, 6.07) is 2.41. The van der Waals surface area contributed by atoms with Crippen LogP contribution in [0.5, 0.6) is 0 Å². The zero-order chi connectivity index (χ0) is 14.8. The predicted molar refractivity (Wildman–Crippen MR) is 65.5 cm³/mol. The third kappa shape index (κ3) is 2.98. The van der Waals surface area contributed by atoms with Crippen LogP contribution in [0.3, 0.4) is 0 Å². The van der Waals surface area contributed by atoms with E-state index in [4.69, 9.17) is 0 Å². The van der Waals surface area contributed by atoms with E-state index < -0.39 is 23.6 Å². The Morgan fingerprint density at radius 3 is 2.65 bits per heavy atom. The fraction of sp³-hybridized carbons (Fsp3) is 0.308. The maximum Gasteiger partial charge on any atom is 0.419 e. The van der Waals surface area contributed by atoms with E-state index in [9.17, 15) is 17.6 Å². The molecule has 2 aromatic rings. The molecular formula is C13H13F4N3. The fourth-order valence-electron chi connectivity index (χ4n) is 1.95. The summed E-state index contributed by atoms with van der Waals surface area (Å²) in [6.07, 6.45) is -1.64. The molecule has 7 heteroatoms. The normalized spacial score (nSPS) is 13.4. The molecule has 20 heavy (non-hydrogen) atoms. The van der Waals surface area contributed by atoms with Crippen LogP contribution >= 0.6 is 0 Å². The molecule has 2 N–H and O–H groups in total. The molecule has 0 aliphatic rings. The second-order valence-electron chi connectivity index (χ2n) is 4.20. The maximum absolute atomic E-state index is 13.3. The predicted octanol–water partition coefficient (Wildman–Crippen LogP) is 3.27. The van der Waals surface area contributed by atoms with Crippen LogP contribution in [0.15, 0.2) is 30.6 Å². The number of benzene rings is 1. The summed E-state index contributed by atoms with van der Waals surface area (Å²) >= 11 is 0. The third-order valence-corrected chi connectivity index (χ3v) is 2.83. The van der Waals surface area contributed by atoms with Gasteiger partial charge in [-0.3, -0.25) is 0 Å². The lowest BCUT2D eigenvalue weighted by molar-refractivity contribution is -0.140. The van der Waals surface area contributed by atoms with Crippen LogP contribution in [-0.4, -0.2) is 16.5 Å². The Balaban J connectivity index is 2.45. The van der Waals surface area contributed by atoms with Crippen molar-refractivity contribution in [2.45, 2.75) is 19.1 Å². The average molecular weight is 287 g/mol. The van der Waals surface area contributed by atoms with Crippen LogP contribution in [0.25, 0.3) is 0 Å². The van der Waals surface area contributed by atoms with Crippen molar-refractivity contribution in [1.29, 1.82) is 0 Å². The largest absolute Gasteiger partial charge is 0.419 e. The SMILES string of the molecule is CCNC(c1ccc(F)c(C(F)(F)F)c1)c1ncc[nH]1. The molecule has 0 fully saturated rings. The first-order chi connectivity index (χ1) is 9.43. The van der Waals surface area contributed by atoms with Crippen LogP contribution in [-0.2, 0) is 6.18 Å². The number of nitrogens with zero attached hydrogens (tertiary/aromatic N) is 1. The quantitative estimate of drug-likeness (QED) is 0.847. The van der Waals surface area contributed by atoms with Gasteiger partial charge in [-0.15, -0.1) is 0 Å². The second-order valence-corrected chi connectivity index (χ2v) is 4.20. The first-order valence-corrected chi connectivity index (χ1v) is 6.02. The summed E-state index contributed by atoms with van der Waals surface area (Å²) in [4.78, 5) is 6.88. The first-order valence-electron chi connectivity index (χ1n) is 6.02. The van der Waals surface area contributed by atoms with Crippen LogP contribution in [0.1, 0.15) is 29.9 Å². The van der Waals surface area contributed by atoms with Gasteiger partial charge in [0.25, 0.3) is 0 Å². The molecule has 0 bridgehead atoms. The van der Waals surface area contributed by atoms with Crippen molar-refractivity contribution in [1.82, 2.24) is 15.3 Å². The number of nitrogens with one attached hydrogen (secondary N) is 2. The van der Waals surface area contributed by atoms with Crippen molar-refractivity contribution in [3.63, 3.8) is 0 Å². The molecule has 3 nitrogen and oxygen atoms in total. The highest BCUT2D eigenvalue weighted by Gasteiger charge is 2.35. The third-order valence-electron chi connectivity index (χ3n) is 2.83. The van der Waals surface area contributed by atoms with Crippen molar-refractivity contribution >= 4 is 0 Å². The van der Waals surface area contributed by atoms with Gasteiger partial charge in [-0.2, -0.15) is 13.2 Å². The highest BCUT2D eigenvalue weighted by Crippen LogP contribution is 2.33. The number of imidazole rings is 1. The van der Waals surface area contributed by atoms with Gasteiger partial charge >= 0.3 is 6.18 Å². The van der Waals surface area contributed by atoms with Gasteiger partial charge in [-0.05, 0) is 24.2 Å². The Kier molecular flexibility index (Phi) is 4.08. The number of aromatic nitrogens is 2. The highest BCUT2D eigenvalue weighted by atomic mass is 19.4. The van der Waals surface area contributed by atoms with Crippen LogP contribution < -0.4 is 5.32 Å². The van der Waals surface area contributed by atoms with Crippen molar-refractivity contribution in [3.8, 4) is 0 Å². The smallest absolute Gasteiger partial charge is 0.347 e. The average Bonchev–Trinajstić information content (AvgIpc) is 2.89. The molecule has 1 heterocycles. The van der Waals surface area contributed by atoms with Gasteiger partial charge < -0.3 is 10.3 Å². The highest BCUT2D eigenvalue weighted by molar-refractivity contribution is 5.32. The van der Waals surface area contributed by atoms with Gasteiger partial charge in [0.05, 0.1) is 11.6 Å². The summed E-state index contributed by atoms with van der Waals surface area (Å²) in [6.45, 7) is 2.36. The lowest BCUT2D eigenvalue weighted by Crippen LogP contribution is -2.24. The van der Waals surface area contributed by atoms with Gasteiger partial charge in [0.1, 0.15) is 11.6 Å². The van der Waals surface area contributed by atoms with Crippen molar-refractivity contribution in [3.05, 3.63) is 53.4 Å². The van der Waals surface area contributed by atoms with E-state index in [1.165, 1.54) is 12.3 Å². The number of aromatic amines is 1. The molecule has 0 saturated heterocycles. The summed E-state index contributed by atoms with van der Waals surface area (Å²) in [7, 11) is 0. The Hall–Kier alpha value is -1.89. The number of H-pyrrole nitrogens is 1. The van der Waals surface area contributed by atoms with Gasteiger partial charge in [0, 0.05) is 12.4 Å². The maximum atomic E-state index is 13.3. The number of hydrogen-bond acceptors (Lipinski definition) is 2. The Morgan fingerprint density at radius 1 is 1.35 bits per heavy atom. The first kappa shape index (κ1) is 14.5. The molecule has 0 aliphatic heterocycles. The number of halogens is 4. The zero-order valence-corrected chi connectivity index (χ0v) is 10.6. The van der Waals surface area contributed by atoms with Gasteiger partial charge in [0.2, 0.25) is 0 Å². The van der Waals surface area contributed by atoms with E-state index in [2.05, 4.69) is 15.3 Å². The minimum Gasteiger partial charge on any atom is -0.347 e. The monoisotopic (exact) mass is 287 g/mol. The topological polar surface area (TPSA) is 40.7 Å². The molecule has 0 saturated carbocycles. The molecule has 2 rings (SSSR count). The molecule has 0 amide bonds. The molecule has 0 aliphatic carbocycles. The standard InChI is InChI=1S/C13H13F4N3/c1-2-18-11(12-19-5-6-20-12)8-3-4-10(14)9(7-8)13(15,16)17/h3-7,11,18H,2H2,1H3,(H,19,20). The minimum atomic E-state index is -4.72. The molecule has 1 aromatic heterocycles. The Morgan fingerprint density at radius 2 is 2.10 bits per heavy atom. The summed E-state index contributed by atoms with van der Waals surface area (Å²) in [5, 5.41) is 3.02. The van der Waals surface area contributed by atoms with E-state index in [1.54, 1.807) is 6.20 Å². The molecule has 0 radical (unpaired) electrons. The molecule has 1 aromatic carbocycles. The molecule has 1 atom stereocenters. The molecular weight excluding hydrogens is 274 g/mol. The van der Waals surface area contributed by atoms with Crippen molar-refractivity contribution in [2.24, 2.45) is 0 Å². The summed E-state index contributed by atoms with van der Waals surface area (Å²) in [5.74, 6) is -0.803. The minimum absolute atomic E-state index is 0.301. The summed E-state index contributed by atoms with van der Waals surface area (Å²) < 4.78 is 51.5. The van der Waals surface area contributed by atoms with Gasteiger partial charge in [0.15, 0.2) is 0 Å². The molecule has 1 unspecified atom stereocenters. The van der Waals surface area contributed by atoms with Crippen molar-refractivity contribution in [2.75, 3.05) is 6.54 Å². The van der Waals surface area contributed by atoms with E-state index in [-0.39, 0.29) is 0 Å². The molecule has 0 spiro atoms.